The number of carbonyl (C=O) groups excluding carboxylic acids is 3. The number of urea groups is 1. The summed E-state index contributed by atoms with van der Waals surface area (Å²) in [5.74, 6) is 0.194. The van der Waals surface area contributed by atoms with E-state index in [2.05, 4.69) is 0 Å². The van der Waals surface area contributed by atoms with Crippen LogP contribution in [-0.2, 0) is 14.3 Å². The number of ether oxygens (including phenoxy) is 1. The predicted molar refractivity (Wildman–Crippen MR) is 98.0 cm³/mol. The minimum Gasteiger partial charge on any atom is -0.381 e. The first-order chi connectivity index (χ1) is 13.1. The number of likely N-dealkylation sites (tertiary alicyclic amines) is 2. The molecule has 4 aliphatic rings. The Morgan fingerprint density at radius 1 is 0.667 bits per heavy atom. The van der Waals surface area contributed by atoms with Gasteiger partial charge >= 0.3 is 17.8 Å². The average molecular weight is 378 g/mol. The maximum atomic E-state index is 12.6. The van der Waals surface area contributed by atoms with Crippen LogP contribution in [0.3, 0.4) is 0 Å². The molecule has 0 aromatic rings. The molecule has 0 N–H and O–H groups in total. The standard InChI is InChI=1S/C19H30N4O4/c24-17(18(25)23-7-3-15(13-23)16-4-12-27-14-16)20-8-10-22(11-9-20)19(26)21-5-1-2-6-21/h15-16H,1-14H2. The summed E-state index contributed by atoms with van der Waals surface area (Å²) in [5, 5.41) is 0. The van der Waals surface area contributed by atoms with Crippen LogP contribution in [0.25, 0.3) is 0 Å². The fourth-order valence-electron chi connectivity index (χ4n) is 4.76. The molecule has 150 valence electrons. The second-order valence-electron chi connectivity index (χ2n) is 8.18. The lowest BCUT2D eigenvalue weighted by molar-refractivity contribution is -0.152. The van der Waals surface area contributed by atoms with Crippen LogP contribution in [0.1, 0.15) is 25.7 Å². The molecule has 0 aromatic heterocycles. The van der Waals surface area contributed by atoms with Crippen LogP contribution in [0.15, 0.2) is 0 Å². The highest BCUT2D eigenvalue weighted by molar-refractivity contribution is 6.35. The van der Waals surface area contributed by atoms with Crippen molar-refractivity contribution in [1.82, 2.24) is 19.6 Å². The van der Waals surface area contributed by atoms with Gasteiger partial charge in [0.05, 0.1) is 0 Å². The van der Waals surface area contributed by atoms with E-state index in [1.54, 1.807) is 9.80 Å². The Balaban J connectivity index is 1.25. The molecule has 2 atom stereocenters. The van der Waals surface area contributed by atoms with Crippen molar-refractivity contribution in [3.8, 4) is 0 Å². The summed E-state index contributed by atoms with van der Waals surface area (Å²) in [4.78, 5) is 44.8. The largest absolute Gasteiger partial charge is 0.381 e. The molecule has 8 heteroatoms. The van der Waals surface area contributed by atoms with Crippen LogP contribution in [0.2, 0.25) is 0 Å². The van der Waals surface area contributed by atoms with Gasteiger partial charge in [0.2, 0.25) is 0 Å². The molecule has 27 heavy (non-hydrogen) atoms. The minimum absolute atomic E-state index is 0.0760. The van der Waals surface area contributed by atoms with E-state index >= 15 is 0 Å². The van der Waals surface area contributed by atoms with E-state index in [1.807, 2.05) is 9.80 Å². The number of hydrogen-bond acceptors (Lipinski definition) is 4. The van der Waals surface area contributed by atoms with Gasteiger partial charge in [-0.1, -0.05) is 0 Å². The van der Waals surface area contributed by atoms with E-state index in [1.165, 1.54) is 0 Å². The Bertz CT molecular complexity index is 578. The number of carbonyl (C=O) groups is 3. The van der Waals surface area contributed by atoms with Gasteiger partial charge in [-0.2, -0.15) is 0 Å². The highest BCUT2D eigenvalue weighted by atomic mass is 16.5. The minimum atomic E-state index is -0.411. The van der Waals surface area contributed by atoms with Crippen LogP contribution in [0.5, 0.6) is 0 Å². The van der Waals surface area contributed by atoms with Gasteiger partial charge in [-0.05, 0) is 37.5 Å². The van der Waals surface area contributed by atoms with Gasteiger partial charge in [-0.25, -0.2) is 4.79 Å². The summed E-state index contributed by atoms with van der Waals surface area (Å²) in [6, 6.07) is 0.0760. The van der Waals surface area contributed by atoms with Crippen LogP contribution in [-0.4, -0.2) is 103 Å². The second kappa shape index (κ2) is 8.04. The molecule has 0 saturated carbocycles. The third kappa shape index (κ3) is 3.90. The van der Waals surface area contributed by atoms with E-state index in [0.717, 1.165) is 52.0 Å². The van der Waals surface area contributed by atoms with Crippen LogP contribution >= 0.6 is 0 Å². The zero-order valence-corrected chi connectivity index (χ0v) is 16.0. The van der Waals surface area contributed by atoms with Gasteiger partial charge in [-0.3, -0.25) is 9.59 Å². The first kappa shape index (κ1) is 18.5. The monoisotopic (exact) mass is 378 g/mol. The van der Waals surface area contributed by atoms with E-state index in [-0.39, 0.29) is 11.9 Å². The summed E-state index contributed by atoms with van der Waals surface area (Å²) in [5.41, 5.74) is 0. The van der Waals surface area contributed by atoms with Gasteiger partial charge in [0.15, 0.2) is 0 Å². The number of hydrogen-bond donors (Lipinski definition) is 0. The molecule has 0 spiro atoms. The number of nitrogens with zero attached hydrogens (tertiary/aromatic N) is 4. The number of piperazine rings is 1. The van der Waals surface area contributed by atoms with Crippen molar-refractivity contribution >= 4 is 17.8 Å². The summed E-state index contributed by atoms with van der Waals surface area (Å²) in [6.07, 6.45) is 4.17. The molecule has 0 bridgehead atoms. The Morgan fingerprint density at radius 2 is 1.30 bits per heavy atom. The van der Waals surface area contributed by atoms with Gasteiger partial charge in [0, 0.05) is 65.6 Å². The molecular weight excluding hydrogens is 348 g/mol. The SMILES string of the molecule is O=C(C(=O)N1CCC(C2CCOC2)C1)N1CCN(C(=O)N2CCCC2)CC1. The molecule has 4 aliphatic heterocycles. The highest BCUT2D eigenvalue weighted by Gasteiger charge is 2.38. The first-order valence-electron chi connectivity index (χ1n) is 10.3. The summed E-state index contributed by atoms with van der Waals surface area (Å²) in [7, 11) is 0. The molecule has 4 heterocycles. The van der Waals surface area contributed by atoms with Crippen molar-refractivity contribution in [2.24, 2.45) is 11.8 Å². The van der Waals surface area contributed by atoms with E-state index < -0.39 is 5.91 Å². The average Bonchev–Trinajstić information content (AvgIpc) is 3.47. The quantitative estimate of drug-likeness (QED) is 0.613. The molecule has 0 aliphatic carbocycles. The molecule has 4 rings (SSSR count). The number of rotatable bonds is 1. The van der Waals surface area contributed by atoms with Crippen molar-refractivity contribution in [2.45, 2.75) is 25.7 Å². The second-order valence-corrected chi connectivity index (χ2v) is 8.18. The van der Waals surface area contributed by atoms with Crippen molar-refractivity contribution in [1.29, 1.82) is 0 Å². The third-order valence-corrected chi connectivity index (χ3v) is 6.54. The fourth-order valence-corrected chi connectivity index (χ4v) is 4.76. The van der Waals surface area contributed by atoms with Gasteiger partial charge in [0.1, 0.15) is 0 Å². The summed E-state index contributed by atoms with van der Waals surface area (Å²) >= 11 is 0. The Morgan fingerprint density at radius 3 is 1.96 bits per heavy atom. The van der Waals surface area contributed by atoms with Crippen molar-refractivity contribution in [3.63, 3.8) is 0 Å². The Hall–Kier alpha value is -1.83. The molecule has 8 nitrogen and oxygen atoms in total. The summed E-state index contributed by atoms with van der Waals surface area (Å²) in [6.45, 7) is 6.51. The zero-order valence-electron chi connectivity index (χ0n) is 16.0. The van der Waals surface area contributed by atoms with Crippen molar-refractivity contribution in [2.75, 3.05) is 65.6 Å². The highest BCUT2D eigenvalue weighted by Crippen LogP contribution is 2.30. The topological polar surface area (TPSA) is 73.4 Å². The van der Waals surface area contributed by atoms with Crippen molar-refractivity contribution in [3.05, 3.63) is 0 Å². The third-order valence-electron chi connectivity index (χ3n) is 6.54. The lowest BCUT2D eigenvalue weighted by Crippen LogP contribution is -2.56. The van der Waals surface area contributed by atoms with E-state index in [4.69, 9.17) is 4.74 Å². The molecular formula is C19H30N4O4. The summed E-state index contributed by atoms with van der Waals surface area (Å²) < 4.78 is 5.46. The van der Waals surface area contributed by atoms with Crippen LogP contribution in [0.4, 0.5) is 4.79 Å². The molecule has 0 radical (unpaired) electrons. The lowest BCUT2D eigenvalue weighted by atomic mass is 9.91. The molecule has 4 saturated heterocycles. The maximum absolute atomic E-state index is 12.6. The molecule has 4 fully saturated rings. The zero-order chi connectivity index (χ0) is 18.8. The molecule has 2 unspecified atom stereocenters. The van der Waals surface area contributed by atoms with Gasteiger partial charge in [-0.15, -0.1) is 0 Å². The van der Waals surface area contributed by atoms with E-state index in [9.17, 15) is 14.4 Å². The van der Waals surface area contributed by atoms with Gasteiger partial charge < -0.3 is 24.3 Å². The maximum Gasteiger partial charge on any atom is 0.320 e. The normalized spacial score (nSPS) is 28.9. The number of amides is 4. The Labute approximate surface area is 160 Å². The lowest BCUT2D eigenvalue weighted by Gasteiger charge is -2.36. The first-order valence-corrected chi connectivity index (χ1v) is 10.3. The van der Waals surface area contributed by atoms with Crippen LogP contribution in [0, 0.1) is 11.8 Å². The predicted octanol–water partition coefficient (Wildman–Crippen LogP) is 0.231. The smallest absolute Gasteiger partial charge is 0.320 e. The van der Waals surface area contributed by atoms with Crippen LogP contribution < -0.4 is 0 Å². The van der Waals surface area contributed by atoms with Gasteiger partial charge in [0.25, 0.3) is 0 Å². The molecule has 4 amide bonds. The fraction of sp³-hybridized carbons (Fsp3) is 0.842. The van der Waals surface area contributed by atoms with E-state index in [0.29, 0.717) is 51.1 Å². The Kier molecular flexibility index (Phi) is 5.52. The van der Waals surface area contributed by atoms with Crippen molar-refractivity contribution < 1.29 is 19.1 Å². The molecule has 0 aromatic carbocycles.